The third-order valence-electron chi connectivity index (χ3n) is 3.42. The first kappa shape index (κ1) is 15.5. The van der Waals surface area contributed by atoms with Crippen molar-refractivity contribution in [1.29, 1.82) is 0 Å². The van der Waals surface area contributed by atoms with Crippen LogP contribution in [-0.2, 0) is 0 Å². The number of hydrogen-bond donors (Lipinski definition) is 1. The molecule has 3 aromatic rings. The van der Waals surface area contributed by atoms with Crippen LogP contribution < -0.4 is 10.1 Å². The van der Waals surface area contributed by atoms with Crippen molar-refractivity contribution >= 4 is 22.2 Å². The van der Waals surface area contributed by atoms with Crippen LogP contribution in [0.2, 0.25) is 0 Å². The third kappa shape index (κ3) is 3.51. The Morgan fingerprint density at radius 2 is 1.83 bits per heavy atom. The zero-order valence-electron chi connectivity index (χ0n) is 13.2. The summed E-state index contributed by atoms with van der Waals surface area (Å²) in [5.41, 5.74) is 4.86. The second-order valence-electron chi connectivity index (χ2n) is 5.39. The lowest BCUT2D eigenvalue weighted by Gasteiger charge is -2.05. The number of thiazole rings is 1. The molecule has 1 heterocycles. The summed E-state index contributed by atoms with van der Waals surface area (Å²) in [6.07, 6.45) is 0. The molecule has 118 valence electrons. The molecular weight excluding hydrogens is 311 g/mol. The molecule has 0 aliphatic heterocycles. The highest BCUT2D eigenvalue weighted by Crippen LogP contribution is 2.30. The summed E-state index contributed by atoms with van der Waals surface area (Å²) >= 11 is 1.49. The van der Waals surface area contributed by atoms with Crippen LogP contribution in [0, 0.1) is 19.7 Å². The predicted octanol–water partition coefficient (Wildman–Crippen LogP) is 5.32. The molecule has 23 heavy (non-hydrogen) atoms. The number of aromatic nitrogens is 1. The van der Waals surface area contributed by atoms with Crippen molar-refractivity contribution < 1.29 is 9.13 Å². The Bertz CT molecular complexity index is 825. The maximum Gasteiger partial charge on any atom is 0.187 e. The molecule has 0 saturated carbocycles. The van der Waals surface area contributed by atoms with Gasteiger partial charge < -0.3 is 10.1 Å². The molecule has 3 rings (SSSR count). The van der Waals surface area contributed by atoms with Gasteiger partial charge in [-0.25, -0.2) is 9.37 Å². The number of aryl methyl sites for hydroxylation is 2. The summed E-state index contributed by atoms with van der Waals surface area (Å²) in [5, 5.41) is 5.99. The van der Waals surface area contributed by atoms with Crippen molar-refractivity contribution in [3.8, 4) is 17.0 Å². The minimum absolute atomic E-state index is 0.234. The highest BCUT2D eigenvalue weighted by atomic mass is 32.1. The number of nitrogens with zero attached hydrogens (tertiary/aromatic N) is 1. The topological polar surface area (TPSA) is 34.1 Å². The number of methoxy groups -OCH3 is 1. The van der Waals surface area contributed by atoms with E-state index >= 15 is 0 Å². The van der Waals surface area contributed by atoms with Gasteiger partial charge in [0.05, 0.1) is 12.8 Å². The molecule has 0 radical (unpaired) electrons. The molecule has 0 aliphatic carbocycles. The Morgan fingerprint density at radius 3 is 2.48 bits per heavy atom. The largest absolute Gasteiger partial charge is 0.494 e. The van der Waals surface area contributed by atoms with Gasteiger partial charge in [-0.05, 0) is 55.3 Å². The van der Waals surface area contributed by atoms with Gasteiger partial charge in [-0.15, -0.1) is 11.3 Å². The first-order chi connectivity index (χ1) is 11.0. The molecule has 0 aliphatic rings. The zero-order chi connectivity index (χ0) is 16.4. The van der Waals surface area contributed by atoms with Crippen LogP contribution in [0.1, 0.15) is 11.1 Å². The van der Waals surface area contributed by atoms with Crippen molar-refractivity contribution in [2.24, 2.45) is 0 Å². The highest BCUT2D eigenvalue weighted by Gasteiger charge is 2.09. The average molecular weight is 328 g/mol. The van der Waals surface area contributed by atoms with Gasteiger partial charge >= 0.3 is 0 Å². The van der Waals surface area contributed by atoms with Gasteiger partial charge in [-0.1, -0.05) is 6.07 Å². The number of nitrogens with one attached hydrogen (secondary N) is 1. The number of benzene rings is 2. The van der Waals surface area contributed by atoms with Gasteiger partial charge in [0.25, 0.3) is 0 Å². The lowest BCUT2D eigenvalue weighted by molar-refractivity contribution is 0.386. The van der Waals surface area contributed by atoms with Gasteiger partial charge in [0, 0.05) is 16.6 Å². The smallest absolute Gasteiger partial charge is 0.187 e. The van der Waals surface area contributed by atoms with E-state index in [0.717, 1.165) is 22.1 Å². The number of hydrogen-bond acceptors (Lipinski definition) is 4. The summed E-state index contributed by atoms with van der Waals surface area (Å²) < 4.78 is 18.8. The first-order valence-corrected chi connectivity index (χ1v) is 8.08. The Labute approximate surface area is 138 Å². The van der Waals surface area contributed by atoms with Crippen molar-refractivity contribution in [2.75, 3.05) is 12.4 Å². The van der Waals surface area contributed by atoms with E-state index in [1.165, 1.54) is 35.6 Å². The molecule has 0 fully saturated rings. The zero-order valence-corrected chi connectivity index (χ0v) is 14.0. The van der Waals surface area contributed by atoms with E-state index in [-0.39, 0.29) is 11.6 Å². The molecule has 0 spiro atoms. The number of rotatable bonds is 4. The molecular formula is C18H17FN2OS. The quantitative estimate of drug-likeness (QED) is 0.704. The van der Waals surface area contributed by atoms with Crippen LogP contribution >= 0.6 is 11.3 Å². The molecule has 0 saturated heterocycles. The van der Waals surface area contributed by atoms with Crippen LogP contribution in [0.5, 0.6) is 5.75 Å². The van der Waals surface area contributed by atoms with E-state index in [4.69, 9.17) is 4.74 Å². The van der Waals surface area contributed by atoms with Crippen LogP contribution in [0.25, 0.3) is 11.3 Å². The summed E-state index contributed by atoms with van der Waals surface area (Å²) in [7, 11) is 1.45. The van der Waals surface area contributed by atoms with E-state index in [1.54, 1.807) is 12.1 Å². The predicted molar refractivity (Wildman–Crippen MR) is 93.3 cm³/mol. The van der Waals surface area contributed by atoms with Gasteiger partial charge in [-0.3, -0.25) is 0 Å². The minimum atomic E-state index is -0.387. The Hall–Kier alpha value is -2.40. The number of anilines is 2. The fourth-order valence-corrected chi connectivity index (χ4v) is 3.20. The van der Waals surface area contributed by atoms with Crippen molar-refractivity contribution in [3.63, 3.8) is 0 Å². The van der Waals surface area contributed by atoms with Gasteiger partial charge in [-0.2, -0.15) is 0 Å². The number of ether oxygens (including phenoxy) is 1. The summed E-state index contributed by atoms with van der Waals surface area (Å²) in [6, 6.07) is 11.1. The van der Waals surface area contributed by atoms with E-state index in [9.17, 15) is 4.39 Å². The van der Waals surface area contributed by atoms with E-state index in [1.807, 2.05) is 5.38 Å². The van der Waals surface area contributed by atoms with Gasteiger partial charge in [0.1, 0.15) is 0 Å². The fourth-order valence-electron chi connectivity index (χ4n) is 2.46. The van der Waals surface area contributed by atoms with Crippen LogP contribution in [0.3, 0.4) is 0 Å². The highest BCUT2D eigenvalue weighted by molar-refractivity contribution is 7.14. The molecule has 3 nitrogen and oxygen atoms in total. The maximum absolute atomic E-state index is 13.8. The Morgan fingerprint density at radius 1 is 1.09 bits per heavy atom. The first-order valence-electron chi connectivity index (χ1n) is 7.20. The van der Waals surface area contributed by atoms with Crippen LogP contribution in [0.4, 0.5) is 15.2 Å². The van der Waals surface area contributed by atoms with Crippen molar-refractivity contribution in [1.82, 2.24) is 4.98 Å². The normalized spacial score (nSPS) is 10.6. The van der Waals surface area contributed by atoms with E-state index in [2.05, 4.69) is 42.3 Å². The standard InChI is InChI=1S/C18H17FN2OS/c1-11-6-12(2)8-14(7-11)20-18-21-16(10-23-18)13-4-5-17(22-3)15(19)9-13/h4-10H,1-3H3,(H,20,21). The van der Waals surface area contributed by atoms with Crippen LogP contribution in [0.15, 0.2) is 41.8 Å². The second kappa shape index (κ2) is 6.38. The van der Waals surface area contributed by atoms with E-state index in [0.29, 0.717) is 0 Å². The SMILES string of the molecule is COc1ccc(-c2csc(Nc3cc(C)cc(C)c3)n2)cc1F. The summed E-state index contributed by atoms with van der Waals surface area (Å²) in [5.74, 6) is -0.153. The Kier molecular flexibility index (Phi) is 4.30. The average Bonchev–Trinajstić information content (AvgIpc) is 2.94. The monoisotopic (exact) mass is 328 g/mol. The number of halogens is 1. The molecule has 0 atom stereocenters. The Balaban J connectivity index is 1.84. The van der Waals surface area contributed by atoms with Crippen LogP contribution in [-0.4, -0.2) is 12.1 Å². The fraction of sp³-hybridized carbons (Fsp3) is 0.167. The second-order valence-corrected chi connectivity index (χ2v) is 6.25. The van der Waals surface area contributed by atoms with Crippen molar-refractivity contribution in [3.05, 3.63) is 58.7 Å². The summed E-state index contributed by atoms with van der Waals surface area (Å²) in [4.78, 5) is 4.53. The molecule has 2 aromatic carbocycles. The minimum Gasteiger partial charge on any atom is -0.494 e. The molecule has 5 heteroatoms. The lowest BCUT2D eigenvalue weighted by atomic mass is 10.1. The van der Waals surface area contributed by atoms with E-state index < -0.39 is 0 Å². The molecule has 1 N–H and O–H groups in total. The molecule has 0 bridgehead atoms. The molecule has 1 aromatic heterocycles. The third-order valence-corrected chi connectivity index (χ3v) is 4.18. The summed E-state index contributed by atoms with van der Waals surface area (Å²) in [6.45, 7) is 4.12. The van der Waals surface area contributed by atoms with Crippen molar-refractivity contribution in [2.45, 2.75) is 13.8 Å². The molecule has 0 unspecified atom stereocenters. The van der Waals surface area contributed by atoms with Gasteiger partial charge in [0.15, 0.2) is 16.7 Å². The maximum atomic E-state index is 13.8. The van der Waals surface area contributed by atoms with Gasteiger partial charge in [0.2, 0.25) is 0 Å². The lowest BCUT2D eigenvalue weighted by Crippen LogP contribution is -1.92. The molecule has 0 amide bonds.